The summed E-state index contributed by atoms with van der Waals surface area (Å²) in [7, 11) is 0. The third-order valence-corrected chi connectivity index (χ3v) is 2.92. The molecule has 92 valence electrons. The molecule has 1 aliphatic heterocycles. The number of carboxylic acid groups (broad SMARTS) is 1. The lowest BCUT2D eigenvalue weighted by Gasteiger charge is -2.17. The van der Waals surface area contributed by atoms with Crippen molar-refractivity contribution in [3.05, 3.63) is 0 Å². The molecule has 1 amide bonds. The summed E-state index contributed by atoms with van der Waals surface area (Å²) in [6, 6.07) is 0.153. The minimum atomic E-state index is -0.988. The molecule has 1 heterocycles. The number of amides is 1. The van der Waals surface area contributed by atoms with Gasteiger partial charge >= 0.3 is 5.97 Å². The summed E-state index contributed by atoms with van der Waals surface area (Å²) < 4.78 is 5.16. The molecule has 0 aromatic heterocycles. The molecule has 0 unspecified atom stereocenters. The van der Waals surface area contributed by atoms with Crippen LogP contribution >= 0.6 is 0 Å². The molecule has 16 heavy (non-hydrogen) atoms. The van der Waals surface area contributed by atoms with Crippen LogP contribution in [0.25, 0.3) is 0 Å². The van der Waals surface area contributed by atoms with E-state index in [1.165, 1.54) is 0 Å². The Balaban J connectivity index is 2.41. The predicted molar refractivity (Wildman–Crippen MR) is 58.0 cm³/mol. The van der Waals surface area contributed by atoms with Crippen molar-refractivity contribution in [3.8, 4) is 0 Å². The van der Waals surface area contributed by atoms with Gasteiger partial charge in [-0.2, -0.15) is 0 Å². The van der Waals surface area contributed by atoms with Crippen molar-refractivity contribution < 1.29 is 19.4 Å². The van der Waals surface area contributed by atoms with E-state index >= 15 is 0 Å². The van der Waals surface area contributed by atoms with Crippen LogP contribution in [-0.4, -0.2) is 35.2 Å². The Bertz CT molecular complexity index is 263. The number of hydrogen-bond donors (Lipinski definition) is 2. The molecule has 0 radical (unpaired) electrons. The molecule has 2 N–H and O–H groups in total. The quantitative estimate of drug-likeness (QED) is 0.735. The van der Waals surface area contributed by atoms with Crippen LogP contribution in [0, 0.1) is 0 Å². The lowest BCUT2D eigenvalue weighted by molar-refractivity contribution is -0.151. The first-order valence-corrected chi connectivity index (χ1v) is 5.77. The SMILES string of the molecule is CCC(CC)NC(=O)[C@@H]1CC[C@H](C(=O)O)O1. The molecule has 5 nitrogen and oxygen atoms in total. The van der Waals surface area contributed by atoms with E-state index in [2.05, 4.69) is 5.32 Å². The van der Waals surface area contributed by atoms with Gasteiger partial charge in [-0.15, -0.1) is 0 Å². The van der Waals surface area contributed by atoms with Gasteiger partial charge in [-0.05, 0) is 25.7 Å². The minimum Gasteiger partial charge on any atom is -0.479 e. The number of carbonyl (C=O) groups excluding carboxylic acids is 1. The summed E-state index contributed by atoms with van der Waals surface area (Å²) >= 11 is 0. The maximum atomic E-state index is 11.7. The van der Waals surface area contributed by atoms with E-state index in [-0.39, 0.29) is 11.9 Å². The molecule has 2 atom stereocenters. The van der Waals surface area contributed by atoms with E-state index in [1.54, 1.807) is 0 Å². The highest BCUT2D eigenvalue weighted by Crippen LogP contribution is 2.20. The summed E-state index contributed by atoms with van der Waals surface area (Å²) in [5.41, 5.74) is 0. The van der Waals surface area contributed by atoms with Gasteiger partial charge in [0, 0.05) is 6.04 Å². The van der Waals surface area contributed by atoms with Crippen LogP contribution in [-0.2, 0) is 14.3 Å². The molecule has 0 aliphatic carbocycles. The van der Waals surface area contributed by atoms with Gasteiger partial charge in [-0.25, -0.2) is 4.79 Å². The number of aliphatic carboxylic acids is 1. The number of carbonyl (C=O) groups is 2. The van der Waals surface area contributed by atoms with E-state index in [0.29, 0.717) is 12.8 Å². The molecule has 0 bridgehead atoms. The summed E-state index contributed by atoms with van der Waals surface area (Å²) in [5.74, 6) is -1.17. The molecule has 1 aliphatic rings. The maximum absolute atomic E-state index is 11.7. The summed E-state index contributed by atoms with van der Waals surface area (Å²) in [5, 5.41) is 11.6. The molecule has 1 fully saturated rings. The Kier molecular flexibility index (Phi) is 4.73. The van der Waals surface area contributed by atoms with Crippen LogP contribution < -0.4 is 5.32 Å². The average molecular weight is 229 g/mol. The second-order valence-corrected chi connectivity index (χ2v) is 4.05. The van der Waals surface area contributed by atoms with E-state index < -0.39 is 18.2 Å². The first kappa shape index (κ1) is 13.0. The molecule has 0 saturated carbocycles. The number of nitrogens with one attached hydrogen (secondary N) is 1. The summed E-state index contributed by atoms with van der Waals surface area (Å²) in [4.78, 5) is 22.4. The summed E-state index contributed by atoms with van der Waals surface area (Å²) in [6.45, 7) is 4.01. The van der Waals surface area contributed by atoms with Gasteiger partial charge in [0.25, 0.3) is 0 Å². The van der Waals surface area contributed by atoms with Crippen LogP contribution in [0.2, 0.25) is 0 Å². The van der Waals surface area contributed by atoms with E-state index in [1.807, 2.05) is 13.8 Å². The van der Waals surface area contributed by atoms with Crippen molar-refractivity contribution in [3.63, 3.8) is 0 Å². The van der Waals surface area contributed by atoms with E-state index in [9.17, 15) is 9.59 Å². The highest BCUT2D eigenvalue weighted by molar-refractivity contribution is 5.82. The first-order valence-electron chi connectivity index (χ1n) is 5.77. The average Bonchev–Trinajstić information content (AvgIpc) is 2.74. The van der Waals surface area contributed by atoms with Crippen LogP contribution in [0.5, 0.6) is 0 Å². The lowest BCUT2D eigenvalue weighted by atomic mass is 10.1. The molecule has 1 saturated heterocycles. The van der Waals surface area contributed by atoms with Crippen molar-refractivity contribution in [1.29, 1.82) is 0 Å². The normalized spacial score (nSPS) is 24.7. The van der Waals surface area contributed by atoms with Gasteiger partial charge in [-0.3, -0.25) is 4.79 Å². The highest BCUT2D eigenvalue weighted by Gasteiger charge is 2.34. The Labute approximate surface area is 95.2 Å². The Morgan fingerprint density at radius 3 is 2.31 bits per heavy atom. The van der Waals surface area contributed by atoms with E-state index in [4.69, 9.17) is 9.84 Å². The second kappa shape index (κ2) is 5.84. The fourth-order valence-electron chi connectivity index (χ4n) is 1.80. The number of rotatable bonds is 5. The molecule has 0 aromatic carbocycles. The predicted octanol–water partition coefficient (Wildman–Crippen LogP) is 0.923. The minimum absolute atomic E-state index is 0.153. The second-order valence-electron chi connectivity index (χ2n) is 4.05. The number of carboxylic acids is 1. The molecular formula is C11H19NO4. The summed E-state index contributed by atoms with van der Waals surface area (Å²) in [6.07, 6.45) is 1.23. The number of hydrogen-bond acceptors (Lipinski definition) is 3. The zero-order valence-corrected chi connectivity index (χ0v) is 9.73. The lowest BCUT2D eigenvalue weighted by Crippen LogP contribution is -2.41. The Hall–Kier alpha value is -1.10. The van der Waals surface area contributed by atoms with Crippen LogP contribution in [0.3, 0.4) is 0 Å². The van der Waals surface area contributed by atoms with Crippen molar-refractivity contribution >= 4 is 11.9 Å². The third kappa shape index (κ3) is 3.20. The van der Waals surface area contributed by atoms with Crippen molar-refractivity contribution in [2.75, 3.05) is 0 Å². The topological polar surface area (TPSA) is 75.6 Å². The van der Waals surface area contributed by atoms with Gasteiger partial charge in [0.05, 0.1) is 0 Å². The van der Waals surface area contributed by atoms with Crippen molar-refractivity contribution in [2.45, 2.75) is 57.8 Å². The fourth-order valence-corrected chi connectivity index (χ4v) is 1.80. The van der Waals surface area contributed by atoms with Gasteiger partial charge in [0.2, 0.25) is 5.91 Å². The number of ether oxygens (including phenoxy) is 1. The first-order chi connectivity index (χ1) is 7.58. The van der Waals surface area contributed by atoms with Crippen LogP contribution in [0.4, 0.5) is 0 Å². The van der Waals surface area contributed by atoms with Gasteiger partial charge in [0.1, 0.15) is 6.10 Å². The fraction of sp³-hybridized carbons (Fsp3) is 0.818. The van der Waals surface area contributed by atoms with Gasteiger partial charge < -0.3 is 15.2 Å². The van der Waals surface area contributed by atoms with Gasteiger partial charge in [0.15, 0.2) is 6.10 Å². The zero-order chi connectivity index (χ0) is 12.1. The monoisotopic (exact) mass is 229 g/mol. The molecule has 5 heteroatoms. The molecular weight excluding hydrogens is 210 g/mol. The molecule has 1 rings (SSSR count). The molecule has 0 aromatic rings. The maximum Gasteiger partial charge on any atom is 0.332 e. The molecule has 0 spiro atoms. The largest absolute Gasteiger partial charge is 0.479 e. The van der Waals surface area contributed by atoms with Crippen LogP contribution in [0.15, 0.2) is 0 Å². The van der Waals surface area contributed by atoms with Gasteiger partial charge in [-0.1, -0.05) is 13.8 Å². The van der Waals surface area contributed by atoms with Crippen molar-refractivity contribution in [1.82, 2.24) is 5.32 Å². The van der Waals surface area contributed by atoms with Crippen molar-refractivity contribution in [2.24, 2.45) is 0 Å². The Morgan fingerprint density at radius 1 is 1.31 bits per heavy atom. The zero-order valence-electron chi connectivity index (χ0n) is 9.73. The van der Waals surface area contributed by atoms with Crippen LogP contribution in [0.1, 0.15) is 39.5 Å². The Morgan fingerprint density at radius 2 is 1.88 bits per heavy atom. The third-order valence-electron chi connectivity index (χ3n) is 2.92. The highest BCUT2D eigenvalue weighted by atomic mass is 16.5. The standard InChI is InChI=1S/C11H19NO4/c1-3-7(4-2)12-10(13)8-5-6-9(16-8)11(14)15/h7-9H,3-6H2,1-2H3,(H,12,13)(H,14,15)/t8-,9+/m0/s1. The smallest absolute Gasteiger partial charge is 0.332 e. The van der Waals surface area contributed by atoms with E-state index in [0.717, 1.165) is 12.8 Å².